The van der Waals surface area contributed by atoms with Crippen LogP contribution in [0.5, 0.6) is 0 Å². The number of nitrogen functional groups attached to an aromatic ring is 1. The van der Waals surface area contributed by atoms with Gasteiger partial charge in [0.2, 0.25) is 0 Å². The molecular formula is C25H34F3N7O8. The Hall–Kier alpha value is -4.77. The Morgan fingerprint density at radius 1 is 0.837 bits per heavy atom. The molecule has 2 aromatic carbocycles. The van der Waals surface area contributed by atoms with Crippen LogP contribution in [0.3, 0.4) is 0 Å². The minimum Gasteiger partial charge on any atom is -0.393 e. The van der Waals surface area contributed by atoms with E-state index in [1.807, 2.05) is 34.6 Å². The summed E-state index contributed by atoms with van der Waals surface area (Å²) in [7, 11) is 0. The molecule has 0 saturated heterocycles. The number of rotatable bonds is 10. The quantitative estimate of drug-likeness (QED) is 0.158. The van der Waals surface area contributed by atoms with E-state index in [9.17, 15) is 53.6 Å². The van der Waals surface area contributed by atoms with Gasteiger partial charge in [-0.1, -0.05) is 27.7 Å². The molecule has 1 unspecified atom stereocenters. The molecule has 0 aromatic heterocycles. The van der Waals surface area contributed by atoms with Crippen molar-refractivity contribution in [3.8, 4) is 0 Å². The Bertz CT molecular complexity index is 1360. The SMILES string of the molecule is CCC(C)Nc1c([N+](=O)[O-])cc(C(C)(C)C)cc1[N+](=O)[O-].CCN(CC)c1c([N+](=O)[O-])cc(C(F)(F)F)c(N)c1[N+](=O)[O-]. The Balaban J connectivity index is 0.000000430. The highest BCUT2D eigenvalue weighted by Crippen LogP contribution is 2.48. The van der Waals surface area contributed by atoms with E-state index in [-0.39, 0.29) is 42.3 Å². The molecule has 0 spiro atoms. The summed E-state index contributed by atoms with van der Waals surface area (Å²) in [5.41, 5.74) is -0.463. The van der Waals surface area contributed by atoms with Gasteiger partial charge in [-0.05, 0) is 38.2 Å². The molecule has 1 atom stereocenters. The number of nitrogens with two attached hydrogens (primary N) is 1. The highest BCUT2D eigenvalue weighted by Gasteiger charge is 2.42. The zero-order valence-electron chi connectivity index (χ0n) is 24.6. The van der Waals surface area contributed by atoms with E-state index in [0.29, 0.717) is 12.0 Å². The van der Waals surface area contributed by atoms with E-state index < -0.39 is 59.6 Å². The van der Waals surface area contributed by atoms with Gasteiger partial charge in [0.25, 0.3) is 17.1 Å². The molecule has 238 valence electrons. The van der Waals surface area contributed by atoms with Crippen molar-refractivity contribution in [2.24, 2.45) is 0 Å². The van der Waals surface area contributed by atoms with Gasteiger partial charge in [0.1, 0.15) is 5.69 Å². The lowest BCUT2D eigenvalue weighted by atomic mass is 9.86. The van der Waals surface area contributed by atoms with Crippen LogP contribution in [0.1, 0.15) is 66.0 Å². The molecule has 0 amide bonds. The van der Waals surface area contributed by atoms with Crippen molar-refractivity contribution < 1.29 is 32.9 Å². The Labute approximate surface area is 244 Å². The molecule has 2 aromatic rings. The fraction of sp³-hybridized carbons (Fsp3) is 0.520. The number of hydrogen-bond acceptors (Lipinski definition) is 11. The molecule has 3 N–H and O–H groups in total. The third-order valence-corrected chi connectivity index (χ3v) is 6.42. The molecule has 18 heteroatoms. The third-order valence-electron chi connectivity index (χ3n) is 6.42. The van der Waals surface area contributed by atoms with Crippen LogP contribution in [0.25, 0.3) is 0 Å². The molecule has 43 heavy (non-hydrogen) atoms. The van der Waals surface area contributed by atoms with Crippen molar-refractivity contribution in [3.05, 3.63) is 69.8 Å². The number of benzene rings is 2. The fourth-order valence-corrected chi connectivity index (χ4v) is 3.90. The molecule has 0 heterocycles. The maximum absolute atomic E-state index is 12.9. The molecule has 0 saturated carbocycles. The van der Waals surface area contributed by atoms with Gasteiger partial charge in [0.05, 0.1) is 25.3 Å². The summed E-state index contributed by atoms with van der Waals surface area (Å²) in [5, 5.41) is 47.7. The minimum atomic E-state index is -5.04. The van der Waals surface area contributed by atoms with Gasteiger partial charge in [-0.15, -0.1) is 0 Å². The lowest BCUT2D eigenvalue weighted by molar-refractivity contribution is -0.392. The van der Waals surface area contributed by atoms with Crippen molar-refractivity contribution in [2.75, 3.05) is 29.0 Å². The first kappa shape index (κ1) is 36.3. The second kappa shape index (κ2) is 13.9. The van der Waals surface area contributed by atoms with Crippen LogP contribution in [-0.2, 0) is 11.6 Å². The molecule has 0 fully saturated rings. The van der Waals surface area contributed by atoms with Gasteiger partial charge < -0.3 is 16.0 Å². The van der Waals surface area contributed by atoms with Crippen LogP contribution in [0.2, 0.25) is 0 Å². The average Bonchev–Trinajstić information content (AvgIpc) is 2.87. The molecular weight excluding hydrogens is 583 g/mol. The van der Waals surface area contributed by atoms with E-state index in [4.69, 9.17) is 5.73 Å². The van der Waals surface area contributed by atoms with Crippen LogP contribution in [0, 0.1) is 40.5 Å². The minimum absolute atomic E-state index is 0.0210. The second-order valence-electron chi connectivity index (χ2n) is 10.3. The van der Waals surface area contributed by atoms with Crippen LogP contribution < -0.4 is 16.0 Å². The molecule has 0 aliphatic rings. The number of nitro benzene ring substituents is 4. The standard InChI is InChI=1S/C14H21N3O4.C11H13F3N4O4/c1-6-9(2)15-13-11(16(18)19)7-10(14(3,4)5)8-12(13)17(20)21;1-3-16(4-2)9-7(17(19)20)5-6(11(12,13)14)8(15)10(9)18(21)22/h7-9,15H,6H2,1-5H3;5H,3-4,15H2,1-2H3. The summed E-state index contributed by atoms with van der Waals surface area (Å²) in [6, 6.07) is 2.97. The van der Waals surface area contributed by atoms with E-state index in [0.717, 1.165) is 0 Å². The maximum Gasteiger partial charge on any atom is 0.418 e. The Morgan fingerprint density at radius 2 is 1.28 bits per heavy atom. The maximum atomic E-state index is 12.9. The number of anilines is 3. The molecule has 15 nitrogen and oxygen atoms in total. The van der Waals surface area contributed by atoms with Gasteiger partial charge >= 0.3 is 11.9 Å². The first-order valence-corrected chi connectivity index (χ1v) is 12.9. The van der Waals surface area contributed by atoms with E-state index in [2.05, 4.69) is 5.32 Å². The topological polar surface area (TPSA) is 214 Å². The molecule has 0 bridgehead atoms. The van der Waals surface area contributed by atoms with Gasteiger partial charge in [0, 0.05) is 37.3 Å². The summed E-state index contributed by atoms with van der Waals surface area (Å²) in [5.74, 6) is 0. The molecule has 0 radical (unpaired) electrons. The van der Waals surface area contributed by atoms with Crippen LogP contribution in [0.4, 0.5) is 53.0 Å². The van der Waals surface area contributed by atoms with Crippen LogP contribution >= 0.6 is 0 Å². The monoisotopic (exact) mass is 617 g/mol. The van der Waals surface area contributed by atoms with Gasteiger partial charge in [0.15, 0.2) is 11.4 Å². The Kier molecular flexibility index (Phi) is 11.7. The summed E-state index contributed by atoms with van der Waals surface area (Å²) < 4.78 is 38.7. The van der Waals surface area contributed by atoms with Crippen molar-refractivity contribution >= 4 is 39.8 Å². The van der Waals surface area contributed by atoms with Gasteiger partial charge in [-0.25, -0.2) is 0 Å². The third kappa shape index (κ3) is 8.62. The largest absolute Gasteiger partial charge is 0.418 e. The second-order valence-corrected chi connectivity index (χ2v) is 10.3. The number of alkyl halides is 3. The zero-order chi connectivity index (χ0) is 33.6. The molecule has 0 aliphatic carbocycles. The van der Waals surface area contributed by atoms with E-state index in [1.165, 1.54) is 17.0 Å². The van der Waals surface area contributed by atoms with Gasteiger partial charge in [-0.2, -0.15) is 13.2 Å². The first-order valence-electron chi connectivity index (χ1n) is 12.9. The number of nitrogens with zero attached hydrogens (tertiary/aromatic N) is 5. The van der Waals surface area contributed by atoms with Crippen molar-refractivity contribution in [2.45, 2.75) is 72.5 Å². The van der Waals surface area contributed by atoms with Gasteiger partial charge in [-0.3, -0.25) is 40.5 Å². The smallest absolute Gasteiger partial charge is 0.393 e. The lowest BCUT2D eigenvalue weighted by Gasteiger charge is -2.22. The fourth-order valence-electron chi connectivity index (χ4n) is 3.90. The van der Waals surface area contributed by atoms with Crippen LogP contribution in [-0.4, -0.2) is 38.8 Å². The summed E-state index contributed by atoms with van der Waals surface area (Å²) >= 11 is 0. The van der Waals surface area contributed by atoms with Crippen molar-refractivity contribution in [3.63, 3.8) is 0 Å². The number of nitro groups is 4. The summed E-state index contributed by atoms with van der Waals surface area (Å²) in [4.78, 5) is 42.6. The number of hydrogen-bond donors (Lipinski definition) is 2. The van der Waals surface area contributed by atoms with E-state index >= 15 is 0 Å². The van der Waals surface area contributed by atoms with Crippen molar-refractivity contribution in [1.29, 1.82) is 0 Å². The summed E-state index contributed by atoms with van der Waals surface area (Å²) in [6.07, 6.45) is -4.34. The highest BCUT2D eigenvalue weighted by atomic mass is 19.4. The predicted octanol–water partition coefficient (Wildman–Crippen LogP) is 6.96. The normalized spacial score (nSPS) is 12.0. The number of nitrogens with one attached hydrogen (secondary N) is 1. The van der Waals surface area contributed by atoms with Crippen molar-refractivity contribution in [1.82, 2.24) is 0 Å². The Morgan fingerprint density at radius 3 is 1.58 bits per heavy atom. The summed E-state index contributed by atoms with van der Waals surface area (Å²) in [6.45, 7) is 12.7. The highest BCUT2D eigenvalue weighted by molar-refractivity contribution is 5.86. The predicted molar refractivity (Wildman–Crippen MR) is 155 cm³/mol. The first-order chi connectivity index (χ1) is 19.6. The molecule has 0 aliphatic heterocycles. The lowest BCUT2D eigenvalue weighted by Crippen LogP contribution is -2.25. The van der Waals surface area contributed by atoms with E-state index in [1.54, 1.807) is 13.8 Å². The number of halogens is 3. The molecule has 2 rings (SSSR count). The zero-order valence-corrected chi connectivity index (χ0v) is 24.6. The van der Waals surface area contributed by atoms with Crippen LogP contribution in [0.15, 0.2) is 18.2 Å². The average molecular weight is 618 g/mol.